The van der Waals surface area contributed by atoms with Crippen molar-refractivity contribution in [2.24, 2.45) is 0 Å². The highest BCUT2D eigenvalue weighted by Crippen LogP contribution is 2.33. The predicted molar refractivity (Wildman–Crippen MR) is 125 cm³/mol. The third kappa shape index (κ3) is 5.20. The molecule has 1 atom stereocenters. The van der Waals surface area contributed by atoms with Crippen molar-refractivity contribution >= 4 is 21.6 Å². The Kier molecular flexibility index (Phi) is 6.71. The van der Waals surface area contributed by atoms with Crippen LogP contribution in [0, 0.1) is 0 Å². The van der Waals surface area contributed by atoms with Crippen LogP contribution >= 0.6 is 0 Å². The van der Waals surface area contributed by atoms with Crippen molar-refractivity contribution in [3.05, 3.63) is 78.3 Å². The number of para-hydroxylation sites is 2. The molecule has 0 spiro atoms. The molecule has 4 rings (SSSR count). The van der Waals surface area contributed by atoms with E-state index in [0.717, 1.165) is 18.0 Å². The average molecular weight is 470 g/mol. The van der Waals surface area contributed by atoms with Crippen LogP contribution in [0.1, 0.15) is 23.0 Å². The van der Waals surface area contributed by atoms with E-state index in [9.17, 15) is 13.2 Å². The van der Waals surface area contributed by atoms with Crippen molar-refractivity contribution in [2.45, 2.75) is 24.5 Å². The van der Waals surface area contributed by atoms with Gasteiger partial charge in [0.25, 0.3) is 5.91 Å². The summed E-state index contributed by atoms with van der Waals surface area (Å²) < 4.78 is 38.7. The van der Waals surface area contributed by atoms with Gasteiger partial charge in [-0.3, -0.25) is 4.79 Å². The summed E-state index contributed by atoms with van der Waals surface area (Å²) in [7, 11) is -2.00. The Hall–Kier alpha value is -3.30. The minimum absolute atomic E-state index is 0.0536. The van der Waals surface area contributed by atoms with Gasteiger partial charge in [0.1, 0.15) is 17.6 Å². The summed E-state index contributed by atoms with van der Waals surface area (Å²) in [5.74, 6) is 1.13. The van der Waals surface area contributed by atoms with Crippen LogP contribution in [0.5, 0.6) is 5.75 Å². The first-order valence-electron chi connectivity index (χ1n) is 10.8. The van der Waals surface area contributed by atoms with Crippen molar-refractivity contribution < 1.29 is 22.4 Å². The minimum Gasteiger partial charge on any atom is -0.485 e. The van der Waals surface area contributed by atoms with E-state index in [1.807, 2.05) is 24.3 Å². The monoisotopic (exact) mass is 469 g/mol. The molecule has 1 aromatic heterocycles. The average Bonchev–Trinajstić information content (AvgIpc) is 3.36. The molecule has 1 aliphatic heterocycles. The summed E-state index contributed by atoms with van der Waals surface area (Å²) in [5.41, 5.74) is 1.47. The fourth-order valence-corrected chi connectivity index (χ4v) is 4.81. The van der Waals surface area contributed by atoms with Crippen molar-refractivity contribution in [1.82, 2.24) is 9.62 Å². The summed E-state index contributed by atoms with van der Waals surface area (Å²) in [6.07, 6.45) is 1.32. The smallest absolute Gasteiger partial charge is 0.253 e. The number of nitrogens with one attached hydrogen (secondary N) is 1. The van der Waals surface area contributed by atoms with Crippen LogP contribution in [0.2, 0.25) is 0 Å². The van der Waals surface area contributed by atoms with E-state index < -0.39 is 10.0 Å². The highest BCUT2D eigenvalue weighted by molar-refractivity contribution is 7.89. The highest BCUT2D eigenvalue weighted by Gasteiger charge is 2.27. The molecule has 0 fully saturated rings. The van der Waals surface area contributed by atoms with E-state index in [2.05, 4.69) is 16.5 Å². The van der Waals surface area contributed by atoms with Crippen LogP contribution in [0.25, 0.3) is 0 Å². The van der Waals surface area contributed by atoms with E-state index in [1.165, 1.54) is 30.5 Å². The second-order valence-electron chi connectivity index (χ2n) is 7.86. The molecule has 0 radical (unpaired) electrons. The number of carbonyl (C=O) groups excluding carboxylic acids is 1. The lowest BCUT2D eigenvalue weighted by atomic mass is 10.1. The van der Waals surface area contributed by atoms with Gasteiger partial charge in [0.05, 0.1) is 36.5 Å². The van der Waals surface area contributed by atoms with Gasteiger partial charge in [-0.1, -0.05) is 12.1 Å². The second-order valence-corrected chi connectivity index (χ2v) is 9.63. The zero-order chi connectivity index (χ0) is 23.4. The zero-order valence-electron chi connectivity index (χ0n) is 18.6. The number of fused-ring (bicyclic) bond motifs is 1. The maximum absolute atomic E-state index is 12.9. The molecular weight excluding hydrogens is 442 g/mol. The number of anilines is 1. The molecule has 1 N–H and O–H groups in total. The molecule has 33 heavy (non-hydrogen) atoms. The summed E-state index contributed by atoms with van der Waals surface area (Å²) in [4.78, 5) is 16.9. The first-order chi connectivity index (χ1) is 15.9. The van der Waals surface area contributed by atoms with Crippen LogP contribution in [0.4, 0.5) is 5.69 Å². The Labute approximate surface area is 193 Å². The van der Waals surface area contributed by atoms with Crippen molar-refractivity contribution in [1.29, 1.82) is 0 Å². The maximum Gasteiger partial charge on any atom is 0.253 e. The summed E-state index contributed by atoms with van der Waals surface area (Å²) in [6.45, 7) is 4.08. The number of rotatable bonds is 8. The second kappa shape index (κ2) is 9.68. The number of nitrogens with zero attached hydrogens (tertiary/aromatic N) is 2. The molecule has 1 amide bonds. The topological polar surface area (TPSA) is 92.1 Å². The largest absolute Gasteiger partial charge is 0.485 e. The number of furan rings is 1. The number of hydrogen-bond acceptors (Lipinski definition) is 6. The van der Waals surface area contributed by atoms with Crippen molar-refractivity contribution in [3.8, 4) is 5.75 Å². The number of likely N-dealkylation sites (N-methyl/N-ethyl adjacent to an activating group) is 2. The van der Waals surface area contributed by atoms with Gasteiger partial charge in [-0.15, -0.1) is 0 Å². The molecule has 1 aliphatic rings. The zero-order valence-corrected chi connectivity index (χ0v) is 19.4. The van der Waals surface area contributed by atoms with E-state index in [4.69, 9.17) is 9.15 Å². The number of carbonyl (C=O) groups is 1. The molecule has 8 nitrogen and oxygen atoms in total. The number of ether oxygens (including phenoxy) is 1. The number of hydrogen-bond donors (Lipinski definition) is 1. The molecule has 9 heteroatoms. The first-order valence-corrected chi connectivity index (χ1v) is 12.2. The number of amides is 1. The Bertz CT molecular complexity index is 1190. The Morgan fingerprint density at radius 1 is 1.12 bits per heavy atom. The first kappa shape index (κ1) is 22.9. The lowest BCUT2D eigenvalue weighted by Gasteiger charge is -2.37. The molecule has 174 valence electrons. The normalized spacial score (nSPS) is 15.6. The highest BCUT2D eigenvalue weighted by atomic mass is 32.2. The quantitative estimate of drug-likeness (QED) is 0.545. The van der Waals surface area contributed by atoms with Crippen molar-refractivity contribution in [3.63, 3.8) is 0 Å². The lowest BCUT2D eigenvalue weighted by molar-refractivity contribution is 0.0709. The van der Waals surface area contributed by atoms with Gasteiger partial charge in [0, 0.05) is 19.2 Å². The molecule has 2 aromatic carbocycles. The number of sulfonamides is 1. The fourth-order valence-electron chi connectivity index (χ4n) is 3.82. The summed E-state index contributed by atoms with van der Waals surface area (Å²) in [5, 5.41) is 0. The van der Waals surface area contributed by atoms with E-state index >= 15 is 0 Å². The van der Waals surface area contributed by atoms with Gasteiger partial charge in [-0.25, -0.2) is 13.1 Å². The Morgan fingerprint density at radius 2 is 1.88 bits per heavy atom. The van der Waals surface area contributed by atoms with E-state index in [-0.39, 0.29) is 23.5 Å². The summed E-state index contributed by atoms with van der Waals surface area (Å²) >= 11 is 0. The van der Waals surface area contributed by atoms with Gasteiger partial charge >= 0.3 is 0 Å². The van der Waals surface area contributed by atoms with Crippen LogP contribution in [0.15, 0.2) is 76.2 Å². The van der Waals surface area contributed by atoms with Gasteiger partial charge in [-0.2, -0.15) is 0 Å². The van der Waals surface area contributed by atoms with Gasteiger partial charge in [0.15, 0.2) is 0 Å². The van der Waals surface area contributed by atoms with Gasteiger partial charge in [-0.05, 0) is 55.5 Å². The van der Waals surface area contributed by atoms with Gasteiger partial charge < -0.3 is 19.0 Å². The molecule has 0 bridgehead atoms. The van der Waals surface area contributed by atoms with Crippen molar-refractivity contribution in [2.75, 3.05) is 31.6 Å². The third-order valence-electron chi connectivity index (χ3n) is 5.56. The molecule has 1 unspecified atom stereocenters. The van der Waals surface area contributed by atoms with Gasteiger partial charge in [0.2, 0.25) is 10.0 Å². The van der Waals surface area contributed by atoms with Crippen LogP contribution < -0.4 is 14.4 Å². The number of benzene rings is 2. The summed E-state index contributed by atoms with van der Waals surface area (Å²) in [6, 6.07) is 17.2. The molecule has 0 aliphatic carbocycles. The minimum atomic E-state index is -3.72. The molecule has 0 saturated heterocycles. The van der Waals surface area contributed by atoms with E-state index in [1.54, 1.807) is 24.1 Å². The van der Waals surface area contributed by atoms with Crippen LogP contribution in [-0.4, -0.2) is 52.0 Å². The fraction of sp³-hybridized carbons (Fsp3) is 0.292. The molecule has 0 saturated carbocycles. The van der Waals surface area contributed by atoms with Crippen LogP contribution in [0.3, 0.4) is 0 Å². The standard InChI is InChI=1S/C24H27N3O5S/c1-3-27-17-20(32-23-9-5-4-8-22(23)27)16-26(2)24(28)18-10-12-21(13-11-18)33(29,30)25-15-19-7-6-14-31-19/h4-14,20,25H,3,15-17H2,1-2H3. The predicted octanol–water partition coefficient (Wildman–Crippen LogP) is 3.12. The third-order valence-corrected chi connectivity index (χ3v) is 6.97. The van der Waals surface area contributed by atoms with E-state index in [0.29, 0.717) is 24.4 Å². The Morgan fingerprint density at radius 3 is 2.58 bits per heavy atom. The lowest BCUT2D eigenvalue weighted by Crippen LogP contribution is -2.46. The molecule has 3 aromatic rings. The Balaban J connectivity index is 1.39. The maximum atomic E-state index is 12.9. The molecular formula is C24H27N3O5S. The van der Waals surface area contributed by atoms with Crippen LogP contribution in [-0.2, 0) is 16.6 Å². The molecule has 2 heterocycles. The SMILES string of the molecule is CCN1CC(CN(C)C(=O)c2ccc(S(=O)(=O)NCc3ccco3)cc2)Oc2ccccc21.